The zero-order valence-electron chi connectivity index (χ0n) is 13.2. The molecule has 3 heterocycles. The molecule has 3 rings (SSSR count). The molecule has 2 aromatic rings. The van der Waals surface area contributed by atoms with Crippen molar-refractivity contribution < 1.29 is 9.53 Å². The monoisotopic (exact) mass is 339 g/mol. The standard InChI is InChI=1S/C15H21N3O2S2/c1-4-20-10-6-5-7-18(9-10)14(19)12-8-11-13(21-12)16-15(22-11)17(2)3/h8,10H,4-7,9H2,1-3H3/t10-/m1/s1. The van der Waals surface area contributed by atoms with E-state index in [2.05, 4.69) is 4.98 Å². The molecule has 1 aliphatic rings. The van der Waals surface area contributed by atoms with Gasteiger partial charge in [0.05, 0.1) is 15.7 Å². The maximum atomic E-state index is 12.7. The lowest BCUT2D eigenvalue weighted by Crippen LogP contribution is -2.43. The minimum absolute atomic E-state index is 0.117. The fourth-order valence-electron chi connectivity index (χ4n) is 2.67. The third-order valence-electron chi connectivity index (χ3n) is 3.74. The first-order chi connectivity index (χ1) is 10.6. The summed E-state index contributed by atoms with van der Waals surface area (Å²) >= 11 is 3.12. The Bertz CT molecular complexity index is 631. The number of carbonyl (C=O) groups is 1. The van der Waals surface area contributed by atoms with Crippen molar-refractivity contribution in [2.24, 2.45) is 0 Å². The van der Waals surface area contributed by atoms with Crippen LogP contribution in [0.15, 0.2) is 6.07 Å². The van der Waals surface area contributed by atoms with Crippen LogP contribution in [0.1, 0.15) is 29.4 Å². The van der Waals surface area contributed by atoms with Crippen molar-refractivity contribution in [2.75, 3.05) is 38.7 Å². The van der Waals surface area contributed by atoms with Gasteiger partial charge in [-0.3, -0.25) is 4.79 Å². The SMILES string of the molecule is CCO[C@@H]1CCCN(C(=O)c2cc3sc(N(C)C)nc3s2)C1. The number of likely N-dealkylation sites (tertiary alicyclic amines) is 1. The summed E-state index contributed by atoms with van der Waals surface area (Å²) < 4.78 is 6.77. The Labute approximate surface area is 138 Å². The Hall–Kier alpha value is -1.18. The van der Waals surface area contributed by atoms with E-state index in [1.165, 1.54) is 11.3 Å². The first kappa shape index (κ1) is 15.7. The number of carbonyl (C=O) groups excluding carboxylic acids is 1. The van der Waals surface area contributed by atoms with E-state index < -0.39 is 0 Å². The molecule has 0 aliphatic carbocycles. The highest BCUT2D eigenvalue weighted by Gasteiger charge is 2.26. The summed E-state index contributed by atoms with van der Waals surface area (Å²) in [4.78, 5) is 22.9. The molecule has 0 N–H and O–H groups in total. The van der Waals surface area contributed by atoms with Gasteiger partial charge in [-0.25, -0.2) is 4.98 Å². The minimum Gasteiger partial charge on any atom is -0.377 e. The van der Waals surface area contributed by atoms with Gasteiger partial charge >= 0.3 is 0 Å². The molecule has 0 aromatic carbocycles. The van der Waals surface area contributed by atoms with Crippen LogP contribution in [-0.4, -0.2) is 55.7 Å². The Morgan fingerprint density at radius 1 is 1.50 bits per heavy atom. The molecule has 1 aliphatic heterocycles. The smallest absolute Gasteiger partial charge is 0.264 e. The number of thiazole rings is 1. The molecule has 0 saturated carbocycles. The molecular formula is C15H21N3O2S2. The summed E-state index contributed by atoms with van der Waals surface area (Å²) in [6.45, 7) is 4.24. The number of ether oxygens (including phenoxy) is 1. The van der Waals surface area contributed by atoms with Gasteiger partial charge in [-0.05, 0) is 25.8 Å². The number of rotatable bonds is 4. The van der Waals surface area contributed by atoms with Crippen LogP contribution in [-0.2, 0) is 4.74 Å². The van der Waals surface area contributed by atoms with E-state index in [1.807, 2.05) is 36.9 Å². The molecule has 0 bridgehead atoms. The van der Waals surface area contributed by atoms with Crippen molar-refractivity contribution in [1.29, 1.82) is 0 Å². The average Bonchev–Trinajstić information content (AvgIpc) is 3.05. The van der Waals surface area contributed by atoms with Crippen molar-refractivity contribution in [2.45, 2.75) is 25.9 Å². The fraction of sp³-hybridized carbons (Fsp3) is 0.600. The van der Waals surface area contributed by atoms with Crippen LogP contribution in [0.2, 0.25) is 0 Å². The number of nitrogens with zero attached hydrogens (tertiary/aromatic N) is 3. The molecule has 2 aromatic heterocycles. The number of aromatic nitrogens is 1. The highest BCUT2D eigenvalue weighted by Crippen LogP contribution is 2.34. The predicted molar refractivity (Wildman–Crippen MR) is 92.4 cm³/mol. The number of amides is 1. The summed E-state index contributed by atoms with van der Waals surface area (Å²) in [5, 5.41) is 0.981. The first-order valence-electron chi connectivity index (χ1n) is 7.57. The van der Waals surface area contributed by atoms with Crippen LogP contribution in [0.4, 0.5) is 5.13 Å². The Balaban J connectivity index is 1.75. The normalized spacial score (nSPS) is 18.9. The highest BCUT2D eigenvalue weighted by molar-refractivity contribution is 7.29. The van der Waals surface area contributed by atoms with Gasteiger partial charge in [-0.2, -0.15) is 0 Å². The topological polar surface area (TPSA) is 45.7 Å². The maximum Gasteiger partial charge on any atom is 0.264 e. The van der Waals surface area contributed by atoms with Crippen LogP contribution in [0.3, 0.4) is 0 Å². The number of piperidine rings is 1. The zero-order chi connectivity index (χ0) is 15.7. The quantitative estimate of drug-likeness (QED) is 0.859. The lowest BCUT2D eigenvalue weighted by molar-refractivity contribution is 0.00742. The summed E-state index contributed by atoms with van der Waals surface area (Å²) in [6, 6.07) is 1.98. The largest absolute Gasteiger partial charge is 0.377 e. The second-order valence-corrected chi connectivity index (χ2v) is 7.68. The minimum atomic E-state index is 0.117. The molecule has 1 saturated heterocycles. The Kier molecular flexibility index (Phi) is 4.65. The lowest BCUT2D eigenvalue weighted by Gasteiger charge is -2.32. The van der Waals surface area contributed by atoms with Crippen LogP contribution < -0.4 is 4.90 Å². The van der Waals surface area contributed by atoms with Crippen molar-refractivity contribution in [3.05, 3.63) is 10.9 Å². The molecule has 0 spiro atoms. The summed E-state index contributed by atoms with van der Waals surface area (Å²) in [5.74, 6) is 0.117. The number of anilines is 1. The molecule has 120 valence electrons. The van der Waals surface area contributed by atoms with Gasteiger partial charge in [0.2, 0.25) is 0 Å². The molecule has 5 nitrogen and oxygen atoms in total. The first-order valence-corrected chi connectivity index (χ1v) is 9.20. The molecule has 1 amide bonds. The van der Waals surface area contributed by atoms with Crippen molar-refractivity contribution in [3.63, 3.8) is 0 Å². The van der Waals surface area contributed by atoms with E-state index in [0.717, 1.165) is 38.9 Å². The van der Waals surface area contributed by atoms with Gasteiger partial charge in [0, 0.05) is 33.8 Å². The van der Waals surface area contributed by atoms with Crippen molar-refractivity contribution in [1.82, 2.24) is 9.88 Å². The maximum absolute atomic E-state index is 12.7. The number of hydrogen-bond donors (Lipinski definition) is 0. The molecule has 7 heteroatoms. The molecule has 22 heavy (non-hydrogen) atoms. The molecule has 0 unspecified atom stereocenters. The number of hydrogen-bond acceptors (Lipinski definition) is 6. The molecule has 0 radical (unpaired) electrons. The van der Waals surface area contributed by atoms with Crippen LogP contribution >= 0.6 is 22.7 Å². The summed E-state index contributed by atoms with van der Waals surface area (Å²) in [5.41, 5.74) is 0. The van der Waals surface area contributed by atoms with E-state index in [0.29, 0.717) is 13.2 Å². The molecular weight excluding hydrogens is 318 g/mol. The second-order valence-electron chi connectivity index (χ2n) is 5.64. The number of thiophene rings is 1. The van der Waals surface area contributed by atoms with Gasteiger partial charge in [0.25, 0.3) is 5.91 Å². The summed E-state index contributed by atoms with van der Waals surface area (Å²) in [6.07, 6.45) is 2.24. The van der Waals surface area contributed by atoms with Crippen molar-refractivity contribution >= 4 is 43.2 Å². The van der Waals surface area contributed by atoms with E-state index >= 15 is 0 Å². The third kappa shape index (κ3) is 3.11. The van der Waals surface area contributed by atoms with Crippen molar-refractivity contribution in [3.8, 4) is 0 Å². The fourth-order valence-corrected chi connectivity index (χ4v) is 4.77. The predicted octanol–water partition coefficient (Wildman–Crippen LogP) is 3.06. The van der Waals surface area contributed by atoms with Gasteiger partial charge in [0.1, 0.15) is 4.83 Å². The van der Waals surface area contributed by atoms with Gasteiger partial charge in [0.15, 0.2) is 5.13 Å². The zero-order valence-corrected chi connectivity index (χ0v) is 14.8. The molecule has 1 fully saturated rings. The molecule has 1 atom stereocenters. The van der Waals surface area contributed by atoms with E-state index in [4.69, 9.17) is 4.74 Å². The van der Waals surface area contributed by atoms with E-state index in [9.17, 15) is 4.79 Å². The number of fused-ring (bicyclic) bond motifs is 1. The lowest BCUT2D eigenvalue weighted by atomic mass is 10.1. The van der Waals surface area contributed by atoms with E-state index in [-0.39, 0.29) is 12.0 Å². The van der Waals surface area contributed by atoms with Gasteiger partial charge < -0.3 is 14.5 Å². The third-order valence-corrected chi connectivity index (χ3v) is 6.06. The van der Waals surface area contributed by atoms with Gasteiger partial charge in [-0.1, -0.05) is 11.3 Å². The van der Waals surface area contributed by atoms with Gasteiger partial charge in [-0.15, -0.1) is 11.3 Å². The Morgan fingerprint density at radius 3 is 3.00 bits per heavy atom. The second kappa shape index (κ2) is 6.52. The van der Waals surface area contributed by atoms with Crippen LogP contribution in [0.25, 0.3) is 9.53 Å². The Morgan fingerprint density at radius 2 is 2.32 bits per heavy atom. The highest BCUT2D eigenvalue weighted by atomic mass is 32.1. The van der Waals surface area contributed by atoms with E-state index in [1.54, 1.807) is 11.3 Å². The van der Waals surface area contributed by atoms with Crippen LogP contribution in [0, 0.1) is 0 Å². The average molecular weight is 339 g/mol. The van der Waals surface area contributed by atoms with Crippen LogP contribution in [0.5, 0.6) is 0 Å². The summed E-state index contributed by atoms with van der Waals surface area (Å²) in [7, 11) is 3.96.